The average molecular weight is 302 g/mol. The van der Waals surface area contributed by atoms with E-state index in [4.69, 9.17) is 0 Å². The molecule has 0 aliphatic heterocycles. The second-order valence-corrected chi connectivity index (χ2v) is 7.28. The molecule has 0 N–H and O–H groups in total. The fraction of sp³-hybridized carbons (Fsp3) is 0.143. The van der Waals surface area contributed by atoms with E-state index < -0.39 is 0 Å². The molecule has 0 bridgehead atoms. The molecule has 0 fully saturated rings. The first-order valence-corrected chi connectivity index (χ1v) is 8.48. The SMILES string of the molecule is Cc1ccc(-c2cccc3c2C=CC3c2ccc(C)s2)cc1. The number of allylic oxidation sites excluding steroid dienone is 1. The molecule has 1 aromatic heterocycles. The van der Waals surface area contributed by atoms with Crippen molar-refractivity contribution in [3.63, 3.8) is 0 Å². The maximum Gasteiger partial charge on any atom is 0.0373 e. The van der Waals surface area contributed by atoms with Crippen LogP contribution in [0, 0.1) is 13.8 Å². The van der Waals surface area contributed by atoms with Gasteiger partial charge in [0.25, 0.3) is 0 Å². The van der Waals surface area contributed by atoms with Crippen molar-refractivity contribution < 1.29 is 0 Å². The Bertz CT molecular complexity index is 850. The van der Waals surface area contributed by atoms with Crippen LogP contribution in [0.4, 0.5) is 0 Å². The number of aryl methyl sites for hydroxylation is 2. The minimum atomic E-state index is 0.416. The van der Waals surface area contributed by atoms with E-state index in [1.54, 1.807) is 0 Å². The summed E-state index contributed by atoms with van der Waals surface area (Å²) in [5.74, 6) is 0.416. The van der Waals surface area contributed by atoms with Gasteiger partial charge in [0.2, 0.25) is 0 Å². The van der Waals surface area contributed by atoms with Crippen molar-refractivity contribution >= 4 is 17.4 Å². The molecule has 0 radical (unpaired) electrons. The first kappa shape index (κ1) is 13.5. The lowest BCUT2D eigenvalue weighted by atomic mass is 9.93. The van der Waals surface area contributed by atoms with Crippen molar-refractivity contribution in [3.8, 4) is 11.1 Å². The standard InChI is InChI=1S/C21H18S/c1-14-6-9-16(10-7-14)17-4-3-5-18-19(17)11-12-20(18)21-13-8-15(2)22-21/h3-13,20H,1-2H3. The van der Waals surface area contributed by atoms with Crippen molar-refractivity contribution in [1.82, 2.24) is 0 Å². The average Bonchev–Trinajstić information content (AvgIpc) is 3.13. The molecule has 0 saturated heterocycles. The molecule has 0 saturated carbocycles. The Labute approximate surface area is 135 Å². The molecule has 0 nitrogen and oxygen atoms in total. The predicted molar refractivity (Wildman–Crippen MR) is 96.5 cm³/mol. The summed E-state index contributed by atoms with van der Waals surface area (Å²) in [6.07, 6.45) is 4.64. The Kier molecular flexibility index (Phi) is 3.24. The lowest BCUT2D eigenvalue weighted by Gasteiger charge is -2.12. The van der Waals surface area contributed by atoms with Crippen LogP contribution in [0.1, 0.15) is 32.4 Å². The van der Waals surface area contributed by atoms with Crippen LogP contribution in [0.2, 0.25) is 0 Å². The van der Waals surface area contributed by atoms with Gasteiger partial charge in [-0.1, -0.05) is 60.2 Å². The highest BCUT2D eigenvalue weighted by atomic mass is 32.1. The number of hydrogen-bond donors (Lipinski definition) is 0. The van der Waals surface area contributed by atoms with E-state index in [-0.39, 0.29) is 0 Å². The molecule has 1 heterocycles. The monoisotopic (exact) mass is 302 g/mol. The van der Waals surface area contributed by atoms with Crippen molar-refractivity contribution in [3.05, 3.63) is 87.1 Å². The molecule has 4 rings (SSSR count). The van der Waals surface area contributed by atoms with Gasteiger partial charge in [0.1, 0.15) is 0 Å². The second kappa shape index (κ2) is 5.26. The highest BCUT2D eigenvalue weighted by Gasteiger charge is 2.22. The van der Waals surface area contributed by atoms with Crippen molar-refractivity contribution in [2.45, 2.75) is 19.8 Å². The third-order valence-electron chi connectivity index (χ3n) is 4.36. The Morgan fingerprint density at radius 3 is 2.41 bits per heavy atom. The Morgan fingerprint density at radius 1 is 0.864 bits per heavy atom. The van der Waals surface area contributed by atoms with Gasteiger partial charge in [-0.25, -0.2) is 0 Å². The molecule has 0 spiro atoms. The van der Waals surface area contributed by atoms with Gasteiger partial charge in [0, 0.05) is 15.7 Å². The fourth-order valence-corrected chi connectivity index (χ4v) is 4.17. The quantitative estimate of drug-likeness (QED) is 0.529. The first-order valence-electron chi connectivity index (χ1n) is 7.67. The summed E-state index contributed by atoms with van der Waals surface area (Å²) in [6.45, 7) is 4.31. The van der Waals surface area contributed by atoms with Crippen LogP contribution in [-0.4, -0.2) is 0 Å². The van der Waals surface area contributed by atoms with Gasteiger partial charge >= 0.3 is 0 Å². The van der Waals surface area contributed by atoms with Crippen molar-refractivity contribution in [1.29, 1.82) is 0 Å². The number of benzene rings is 2. The van der Waals surface area contributed by atoms with Crippen molar-refractivity contribution in [2.24, 2.45) is 0 Å². The zero-order valence-corrected chi connectivity index (χ0v) is 13.7. The largest absolute Gasteiger partial charge is 0.145 e. The summed E-state index contributed by atoms with van der Waals surface area (Å²) in [5, 5.41) is 0. The van der Waals surface area contributed by atoms with Gasteiger partial charge in [-0.2, -0.15) is 0 Å². The summed E-state index contributed by atoms with van der Waals surface area (Å²) in [4.78, 5) is 2.82. The Balaban J connectivity index is 1.81. The summed E-state index contributed by atoms with van der Waals surface area (Å²) in [7, 11) is 0. The van der Waals surface area contributed by atoms with Gasteiger partial charge in [0.15, 0.2) is 0 Å². The van der Waals surface area contributed by atoms with Gasteiger partial charge in [0.05, 0.1) is 0 Å². The van der Waals surface area contributed by atoms with E-state index in [0.717, 1.165) is 0 Å². The van der Waals surface area contributed by atoms with Crippen LogP contribution in [0.5, 0.6) is 0 Å². The topological polar surface area (TPSA) is 0 Å². The van der Waals surface area contributed by atoms with Crippen LogP contribution in [0.3, 0.4) is 0 Å². The van der Waals surface area contributed by atoms with Crippen LogP contribution >= 0.6 is 11.3 Å². The Hall–Kier alpha value is -2.12. The van der Waals surface area contributed by atoms with Gasteiger partial charge in [-0.15, -0.1) is 11.3 Å². The molecule has 3 aromatic rings. The van der Waals surface area contributed by atoms with E-state index in [1.165, 1.54) is 37.6 Å². The molecule has 108 valence electrons. The minimum absolute atomic E-state index is 0.416. The van der Waals surface area contributed by atoms with E-state index in [1.807, 2.05) is 11.3 Å². The molecule has 1 unspecified atom stereocenters. The molecule has 1 atom stereocenters. The molecule has 22 heavy (non-hydrogen) atoms. The number of fused-ring (bicyclic) bond motifs is 1. The van der Waals surface area contributed by atoms with Gasteiger partial charge < -0.3 is 0 Å². The molecule has 0 amide bonds. The molecule has 1 heteroatoms. The lowest BCUT2D eigenvalue weighted by Crippen LogP contribution is -1.94. The van der Waals surface area contributed by atoms with E-state index >= 15 is 0 Å². The van der Waals surface area contributed by atoms with E-state index in [0.29, 0.717) is 5.92 Å². The molecule has 1 aliphatic carbocycles. The second-order valence-electron chi connectivity index (χ2n) is 5.96. The molecule has 2 aromatic carbocycles. The summed E-state index contributed by atoms with van der Waals surface area (Å²) >= 11 is 1.90. The van der Waals surface area contributed by atoms with E-state index in [9.17, 15) is 0 Å². The van der Waals surface area contributed by atoms with Crippen LogP contribution in [0.25, 0.3) is 17.2 Å². The minimum Gasteiger partial charge on any atom is -0.145 e. The number of hydrogen-bond acceptors (Lipinski definition) is 1. The normalized spacial score (nSPS) is 16.0. The lowest BCUT2D eigenvalue weighted by molar-refractivity contribution is 1.09. The van der Waals surface area contributed by atoms with Crippen LogP contribution in [0.15, 0.2) is 60.7 Å². The predicted octanol–water partition coefficient (Wildman–Crippen LogP) is 6.19. The third-order valence-corrected chi connectivity index (χ3v) is 5.44. The zero-order valence-electron chi connectivity index (χ0n) is 12.8. The van der Waals surface area contributed by atoms with Gasteiger partial charge in [-0.05, 0) is 48.2 Å². The zero-order chi connectivity index (χ0) is 15.1. The summed E-state index contributed by atoms with van der Waals surface area (Å²) < 4.78 is 0. The third kappa shape index (κ3) is 2.22. The molecule has 1 aliphatic rings. The van der Waals surface area contributed by atoms with Crippen LogP contribution in [-0.2, 0) is 0 Å². The summed E-state index contributed by atoms with van der Waals surface area (Å²) in [5.41, 5.74) is 6.75. The smallest absolute Gasteiger partial charge is 0.0373 e. The fourth-order valence-electron chi connectivity index (χ4n) is 3.19. The maximum atomic E-state index is 2.34. The number of thiophene rings is 1. The van der Waals surface area contributed by atoms with E-state index in [2.05, 4.69) is 80.6 Å². The Morgan fingerprint density at radius 2 is 1.68 bits per heavy atom. The first-order chi connectivity index (χ1) is 10.7. The summed E-state index contributed by atoms with van der Waals surface area (Å²) in [6, 6.07) is 20.0. The number of rotatable bonds is 2. The molecular weight excluding hydrogens is 284 g/mol. The maximum absolute atomic E-state index is 2.34. The van der Waals surface area contributed by atoms with Crippen LogP contribution < -0.4 is 0 Å². The highest BCUT2D eigenvalue weighted by Crippen LogP contribution is 2.42. The molecular formula is C21H18S. The highest BCUT2D eigenvalue weighted by molar-refractivity contribution is 7.12. The van der Waals surface area contributed by atoms with Crippen molar-refractivity contribution in [2.75, 3.05) is 0 Å². The van der Waals surface area contributed by atoms with Gasteiger partial charge in [-0.3, -0.25) is 0 Å².